The lowest BCUT2D eigenvalue weighted by Crippen LogP contribution is -2.41. The zero-order chi connectivity index (χ0) is 15.6. The van der Waals surface area contributed by atoms with Crippen molar-refractivity contribution in [3.05, 3.63) is 0 Å². The SMILES string of the molecule is CCC(C)C(=O)OC(C)(C)C1CCC(C(F)(F)F)CC1. The van der Waals surface area contributed by atoms with Gasteiger partial charge in [-0.3, -0.25) is 4.79 Å². The topological polar surface area (TPSA) is 26.3 Å². The van der Waals surface area contributed by atoms with Crippen molar-refractivity contribution in [2.24, 2.45) is 17.8 Å². The quantitative estimate of drug-likeness (QED) is 0.701. The fourth-order valence-electron chi connectivity index (χ4n) is 2.73. The molecule has 0 aromatic rings. The summed E-state index contributed by atoms with van der Waals surface area (Å²) in [6.07, 6.45) is -2.19. The fourth-order valence-corrected chi connectivity index (χ4v) is 2.73. The van der Waals surface area contributed by atoms with Gasteiger partial charge in [-0.05, 0) is 51.9 Å². The number of ether oxygens (including phenoxy) is 1. The first-order valence-corrected chi connectivity index (χ1v) is 7.37. The Labute approximate surface area is 119 Å². The van der Waals surface area contributed by atoms with E-state index in [0.29, 0.717) is 19.3 Å². The summed E-state index contributed by atoms with van der Waals surface area (Å²) in [5.41, 5.74) is -0.683. The predicted molar refractivity (Wildman–Crippen MR) is 71.1 cm³/mol. The highest BCUT2D eigenvalue weighted by Gasteiger charge is 2.45. The fraction of sp³-hybridized carbons (Fsp3) is 0.933. The van der Waals surface area contributed by atoms with Gasteiger partial charge in [0, 0.05) is 0 Å². The van der Waals surface area contributed by atoms with E-state index in [9.17, 15) is 18.0 Å². The van der Waals surface area contributed by atoms with Crippen molar-refractivity contribution in [2.75, 3.05) is 0 Å². The second-order valence-corrected chi connectivity index (χ2v) is 6.42. The molecule has 0 aliphatic heterocycles. The van der Waals surface area contributed by atoms with Crippen molar-refractivity contribution in [1.82, 2.24) is 0 Å². The summed E-state index contributed by atoms with van der Waals surface area (Å²) in [6, 6.07) is 0. The molecule has 2 nitrogen and oxygen atoms in total. The maximum Gasteiger partial charge on any atom is 0.391 e. The predicted octanol–water partition coefficient (Wildman–Crippen LogP) is 4.72. The van der Waals surface area contributed by atoms with Gasteiger partial charge in [0.25, 0.3) is 0 Å². The van der Waals surface area contributed by atoms with Gasteiger partial charge in [-0.15, -0.1) is 0 Å². The van der Waals surface area contributed by atoms with Crippen molar-refractivity contribution >= 4 is 5.97 Å². The Morgan fingerprint density at radius 3 is 2.00 bits per heavy atom. The van der Waals surface area contributed by atoms with E-state index in [4.69, 9.17) is 4.74 Å². The van der Waals surface area contributed by atoms with E-state index in [1.807, 2.05) is 20.8 Å². The monoisotopic (exact) mass is 294 g/mol. The van der Waals surface area contributed by atoms with Gasteiger partial charge in [0.2, 0.25) is 0 Å². The molecule has 118 valence electrons. The maximum absolute atomic E-state index is 12.6. The van der Waals surface area contributed by atoms with Crippen LogP contribution in [0.15, 0.2) is 0 Å². The zero-order valence-electron chi connectivity index (χ0n) is 12.7. The Kier molecular flexibility index (Phi) is 5.50. The van der Waals surface area contributed by atoms with Gasteiger partial charge in [0.15, 0.2) is 0 Å². The van der Waals surface area contributed by atoms with Crippen LogP contribution < -0.4 is 0 Å². The van der Waals surface area contributed by atoms with Gasteiger partial charge >= 0.3 is 12.1 Å². The molecule has 0 amide bonds. The van der Waals surface area contributed by atoms with Crippen LogP contribution in [-0.2, 0) is 9.53 Å². The average Bonchev–Trinajstić information content (AvgIpc) is 2.36. The van der Waals surface area contributed by atoms with E-state index in [0.717, 1.165) is 0 Å². The molecule has 1 unspecified atom stereocenters. The first kappa shape index (κ1) is 17.3. The van der Waals surface area contributed by atoms with E-state index >= 15 is 0 Å². The third kappa shape index (κ3) is 4.38. The standard InChI is InChI=1S/C15H25F3O2/c1-5-10(2)13(19)20-14(3,4)11-6-8-12(9-7-11)15(16,17)18/h10-12H,5-9H2,1-4H3. The van der Waals surface area contributed by atoms with Crippen molar-refractivity contribution in [1.29, 1.82) is 0 Å². The number of carbonyl (C=O) groups excluding carboxylic acids is 1. The van der Waals surface area contributed by atoms with Crippen molar-refractivity contribution < 1.29 is 22.7 Å². The molecule has 0 bridgehead atoms. The van der Waals surface area contributed by atoms with Crippen LogP contribution in [0.1, 0.15) is 59.8 Å². The molecule has 0 aromatic carbocycles. The molecule has 1 atom stereocenters. The van der Waals surface area contributed by atoms with E-state index in [1.54, 1.807) is 6.92 Å². The van der Waals surface area contributed by atoms with Crippen LogP contribution in [0.25, 0.3) is 0 Å². The first-order chi connectivity index (χ1) is 9.08. The highest BCUT2D eigenvalue weighted by molar-refractivity contribution is 5.72. The van der Waals surface area contributed by atoms with E-state index in [2.05, 4.69) is 0 Å². The van der Waals surface area contributed by atoms with Crippen LogP contribution in [0.5, 0.6) is 0 Å². The summed E-state index contributed by atoms with van der Waals surface area (Å²) in [5.74, 6) is -1.61. The third-order valence-electron chi connectivity index (χ3n) is 4.55. The van der Waals surface area contributed by atoms with Gasteiger partial charge in [0.05, 0.1) is 11.8 Å². The smallest absolute Gasteiger partial charge is 0.391 e. The normalized spacial score (nSPS) is 26.1. The van der Waals surface area contributed by atoms with Gasteiger partial charge in [-0.1, -0.05) is 13.8 Å². The number of hydrogen-bond donors (Lipinski definition) is 0. The number of hydrogen-bond acceptors (Lipinski definition) is 2. The van der Waals surface area contributed by atoms with Gasteiger partial charge in [0.1, 0.15) is 5.60 Å². The Hall–Kier alpha value is -0.740. The summed E-state index contributed by atoms with van der Waals surface area (Å²) in [7, 11) is 0. The largest absolute Gasteiger partial charge is 0.459 e. The molecule has 0 saturated heterocycles. The summed E-state index contributed by atoms with van der Waals surface area (Å²) in [4.78, 5) is 11.9. The molecule has 0 N–H and O–H groups in total. The third-order valence-corrected chi connectivity index (χ3v) is 4.55. The Balaban J connectivity index is 2.56. The number of carbonyl (C=O) groups is 1. The van der Waals surface area contributed by atoms with Crippen LogP contribution in [0.3, 0.4) is 0 Å². The van der Waals surface area contributed by atoms with Crippen molar-refractivity contribution in [3.63, 3.8) is 0 Å². The minimum Gasteiger partial charge on any atom is -0.459 e. The molecule has 0 radical (unpaired) electrons. The van der Waals surface area contributed by atoms with Crippen LogP contribution >= 0.6 is 0 Å². The number of esters is 1. The molecule has 1 saturated carbocycles. The summed E-state index contributed by atoms with van der Waals surface area (Å²) in [6.45, 7) is 7.34. The molecule has 0 aromatic heterocycles. The van der Waals surface area contributed by atoms with Gasteiger partial charge in [-0.25, -0.2) is 0 Å². The number of alkyl halides is 3. The highest BCUT2D eigenvalue weighted by Crippen LogP contribution is 2.43. The Morgan fingerprint density at radius 2 is 1.60 bits per heavy atom. The Morgan fingerprint density at radius 1 is 1.15 bits per heavy atom. The number of rotatable bonds is 4. The maximum atomic E-state index is 12.6. The molecule has 5 heteroatoms. The first-order valence-electron chi connectivity index (χ1n) is 7.37. The molecule has 0 spiro atoms. The molecular weight excluding hydrogens is 269 g/mol. The molecule has 1 aliphatic rings. The van der Waals surface area contributed by atoms with Gasteiger partial charge < -0.3 is 4.74 Å². The minimum atomic E-state index is -4.09. The summed E-state index contributed by atoms with van der Waals surface area (Å²) >= 11 is 0. The lowest BCUT2D eigenvalue weighted by molar-refractivity contribution is -0.192. The minimum absolute atomic E-state index is 0.00843. The molecule has 1 fully saturated rings. The van der Waals surface area contributed by atoms with Crippen LogP contribution in [0.4, 0.5) is 13.2 Å². The molecule has 1 rings (SSSR count). The zero-order valence-corrected chi connectivity index (χ0v) is 12.7. The molecular formula is C15H25F3O2. The lowest BCUT2D eigenvalue weighted by atomic mass is 9.74. The van der Waals surface area contributed by atoms with Crippen molar-refractivity contribution in [3.8, 4) is 0 Å². The molecule has 1 aliphatic carbocycles. The summed E-state index contributed by atoms with van der Waals surface area (Å²) < 4.78 is 43.5. The van der Waals surface area contributed by atoms with Crippen LogP contribution in [0, 0.1) is 17.8 Å². The average molecular weight is 294 g/mol. The van der Waals surface area contributed by atoms with Crippen LogP contribution in [0.2, 0.25) is 0 Å². The van der Waals surface area contributed by atoms with Crippen LogP contribution in [-0.4, -0.2) is 17.7 Å². The summed E-state index contributed by atoms with van der Waals surface area (Å²) in [5, 5.41) is 0. The number of halogens is 3. The second-order valence-electron chi connectivity index (χ2n) is 6.42. The lowest BCUT2D eigenvalue weighted by Gasteiger charge is -2.39. The van der Waals surface area contributed by atoms with E-state index in [1.165, 1.54) is 0 Å². The highest BCUT2D eigenvalue weighted by atomic mass is 19.4. The van der Waals surface area contributed by atoms with E-state index in [-0.39, 0.29) is 30.6 Å². The molecule has 0 heterocycles. The molecule has 20 heavy (non-hydrogen) atoms. The van der Waals surface area contributed by atoms with Gasteiger partial charge in [-0.2, -0.15) is 13.2 Å². The van der Waals surface area contributed by atoms with E-state index < -0.39 is 17.7 Å². The Bertz CT molecular complexity index is 329. The second kappa shape index (κ2) is 6.35. The van der Waals surface area contributed by atoms with Crippen molar-refractivity contribution in [2.45, 2.75) is 71.6 Å².